The smallest absolute Gasteiger partial charge is 0.343 e. The highest BCUT2D eigenvalue weighted by Crippen LogP contribution is 2.34. The zero-order valence-corrected chi connectivity index (χ0v) is 15.9. The van der Waals surface area contributed by atoms with Gasteiger partial charge in [-0.3, -0.25) is 14.4 Å². The Morgan fingerprint density at radius 3 is 2.23 bits per heavy atom. The molecule has 6 nitrogen and oxygen atoms in total. The molecule has 0 heterocycles. The van der Waals surface area contributed by atoms with Gasteiger partial charge in [0, 0.05) is 12.1 Å². The van der Waals surface area contributed by atoms with E-state index in [9.17, 15) is 31.9 Å². The number of nitrogens with zero attached hydrogens (tertiary/aromatic N) is 1. The summed E-state index contributed by atoms with van der Waals surface area (Å²) >= 11 is 0. The van der Waals surface area contributed by atoms with Crippen LogP contribution in [0.1, 0.15) is 22.8 Å². The molecule has 0 aliphatic carbocycles. The maximum absolute atomic E-state index is 13.0. The Bertz CT molecular complexity index is 914. The number of alkyl halides is 3. The van der Waals surface area contributed by atoms with Crippen molar-refractivity contribution in [1.82, 2.24) is 10.2 Å². The Labute approximate surface area is 169 Å². The molecule has 0 aliphatic heterocycles. The number of carbonyl (C=O) groups is 3. The number of hydrogen-bond donors (Lipinski definition) is 2. The third-order valence-electron chi connectivity index (χ3n) is 4.08. The molecule has 2 rings (SSSR count). The molecule has 0 fully saturated rings. The van der Waals surface area contributed by atoms with E-state index in [0.717, 1.165) is 29.2 Å². The summed E-state index contributed by atoms with van der Waals surface area (Å²) in [6.45, 7) is 0.751. The molecule has 160 valence electrons. The number of anilines is 1. The Morgan fingerprint density at radius 1 is 1.00 bits per heavy atom. The van der Waals surface area contributed by atoms with Crippen LogP contribution in [0.5, 0.6) is 0 Å². The van der Waals surface area contributed by atoms with E-state index in [0.29, 0.717) is 0 Å². The fourth-order valence-electron chi connectivity index (χ4n) is 2.55. The molecule has 30 heavy (non-hydrogen) atoms. The first kappa shape index (κ1) is 22.9. The van der Waals surface area contributed by atoms with Gasteiger partial charge in [-0.15, -0.1) is 0 Å². The Hall–Kier alpha value is -3.43. The lowest BCUT2D eigenvalue weighted by Crippen LogP contribution is -2.43. The lowest BCUT2D eigenvalue weighted by atomic mass is 10.1. The number of nitrogens with one attached hydrogen (secondary N) is 2. The van der Waals surface area contributed by atoms with Crippen molar-refractivity contribution < 1.29 is 31.9 Å². The van der Waals surface area contributed by atoms with Gasteiger partial charge in [-0.1, -0.05) is 12.1 Å². The van der Waals surface area contributed by atoms with Crippen LogP contribution in [-0.4, -0.2) is 42.3 Å². The first-order valence-corrected chi connectivity index (χ1v) is 8.89. The van der Waals surface area contributed by atoms with Crippen LogP contribution in [0.2, 0.25) is 0 Å². The van der Waals surface area contributed by atoms with Crippen molar-refractivity contribution in [3.8, 4) is 0 Å². The van der Waals surface area contributed by atoms with E-state index in [1.807, 2.05) is 0 Å². The number of rotatable bonds is 7. The van der Waals surface area contributed by atoms with Crippen LogP contribution in [-0.2, 0) is 15.8 Å². The molecular weight excluding hydrogens is 406 g/mol. The number of amides is 3. The van der Waals surface area contributed by atoms with Gasteiger partial charge in [0.1, 0.15) is 5.82 Å². The van der Waals surface area contributed by atoms with Gasteiger partial charge in [-0.2, -0.15) is 13.2 Å². The highest BCUT2D eigenvalue weighted by molar-refractivity contribution is 5.98. The molecule has 0 bridgehead atoms. The second-order valence-corrected chi connectivity index (χ2v) is 6.19. The summed E-state index contributed by atoms with van der Waals surface area (Å²) in [7, 11) is 0. The van der Waals surface area contributed by atoms with Crippen molar-refractivity contribution in [3.05, 3.63) is 65.5 Å². The third-order valence-corrected chi connectivity index (χ3v) is 4.08. The number of likely N-dealkylation sites (N-methyl/N-ethyl adjacent to an activating group) is 1. The summed E-state index contributed by atoms with van der Waals surface area (Å²) in [5, 5.41) is 4.51. The van der Waals surface area contributed by atoms with E-state index in [4.69, 9.17) is 0 Å². The Kier molecular flexibility index (Phi) is 7.51. The quantitative estimate of drug-likeness (QED) is 0.670. The summed E-state index contributed by atoms with van der Waals surface area (Å²) in [6, 6.07) is 9.18. The van der Waals surface area contributed by atoms with Crippen LogP contribution in [0.15, 0.2) is 48.5 Å². The number of para-hydroxylation sites is 1. The summed E-state index contributed by atoms with van der Waals surface area (Å²) < 4.78 is 51.9. The lowest BCUT2D eigenvalue weighted by molar-refractivity contribution is -0.137. The van der Waals surface area contributed by atoms with E-state index >= 15 is 0 Å². The fourth-order valence-corrected chi connectivity index (χ4v) is 2.55. The van der Waals surface area contributed by atoms with Crippen LogP contribution in [0.3, 0.4) is 0 Å². The minimum atomic E-state index is -4.64. The van der Waals surface area contributed by atoms with E-state index in [2.05, 4.69) is 10.6 Å². The summed E-state index contributed by atoms with van der Waals surface area (Å²) in [5.74, 6) is -2.54. The highest BCUT2D eigenvalue weighted by Gasteiger charge is 2.33. The average molecular weight is 425 g/mol. The number of benzene rings is 2. The Balaban J connectivity index is 1.94. The van der Waals surface area contributed by atoms with E-state index in [1.54, 1.807) is 6.92 Å². The van der Waals surface area contributed by atoms with Crippen LogP contribution in [0.25, 0.3) is 0 Å². The molecule has 0 aromatic heterocycles. The van der Waals surface area contributed by atoms with Gasteiger partial charge in [-0.25, -0.2) is 4.39 Å². The van der Waals surface area contributed by atoms with Crippen molar-refractivity contribution in [3.63, 3.8) is 0 Å². The standard InChI is InChI=1S/C20H19F4N3O3/c1-2-27(18(29)11-25-19(30)13-7-9-14(21)10-8-13)12-17(28)26-16-6-4-3-5-15(16)20(22,23)24/h3-10H,2,11-12H2,1H3,(H,25,30)(H,26,28). The molecule has 0 aliphatic rings. The second-order valence-electron chi connectivity index (χ2n) is 6.19. The van der Waals surface area contributed by atoms with Gasteiger partial charge in [0.25, 0.3) is 5.91 Å². The molecule has 3 amide bonds. The molecule has 0 radical (unpaired) electrons. The van der Waals surface area contributed by atoms with Crippen molar-refractivity contribution in [2.45, 2.75) is 13.1 Å². The second kappa shape index (κ2) is 9.86. The molecule has 2 N–H and O–H groups in total. The summed E-state index contributed by atoms with van der Waals surface area (Å²) in [5.41, 5.74) is -1.27. The topological polar surface area (TPSA) is 78.5 Å². The van der Waals surface area contributed by atoms with Crippen LogP contribution < -0.4 is 10.6 Å². The molecule has 2 aromatic rings. The van der Waals surface area contributed by atoms with Crippen molar-refractivity contribution in [1.29, 1.82) is 0 Å². The molecule has 0 unspecified atom stereocenters. The van der Waals surface area contributed by atoms with Gasteiger partial charge in [-0.05, 0) is 43.3 Å². The van der Waals surface area contributed by atoms with E-state index in [-0.39, 0.29) is 12.1 Å². The zero-order valence-electron chi connectivity index (χ0n) is 15.9. The normalized spacial score (nSPS) is 11.0. The predicted octanol–water partition coefficient (Wildman–Crippen LogP) is 3.06. The van der Waals surface area contributed by atoms with Gasteiger partial charge in [0.15, 0.2) is 0 Å². The maximum atomic E-state index is 13.0. The molecule has 2 aromatic carbocycles. The molecule has 0 saturated heterocycles. The molecule has 10 heteroatoms. The van der Waals surface area contributed by atoms with Crippen molar-refractivity contribution in [2.75, 3.05) is 25.0 Å². The lowest BCUT2D eigenvalue weighted by Gasteiger charge is -2.21. The van der Waals surface area contributed by atoms with Crippen LogP contribution >= 0.6 is 0 Å². The van der Waals surface area contributed by atoms with E-state index in [1.165, 1.54) is 24.3 Å². The first-order valence-electron chi connectivity index (χ1n) is 8.89. The van der Waals surface area contributed by atoms with Gasteiger partial charge >= 0.3 is 6.18 Å². The van der Waals surface area contributed by atoms with Gasteiger partial charge < -0.3 is 15.5 Å². The number of halogens is 4. The van der Waals surface area contributed by atoms with Gasteiger partial charge in [0.2, 0.25) is 11.8 Å². The van der Waals surface area contributed by atoms with E-state index < -0.39 is 54.1 Å². The zero-order chi connectivity index (χ0) is 22.3. The van der Waals surface area contributed by atoms with Crippen molar-refractivity contribution >= 4 is 23.4 Å². The summed E-state index contributed by atoms with van der Waals surface area (Å²) in [6.07, 6.45) is -4.64. The molecule has 0 spiro atoms. The maximum Gasteiger partial charge on any atom is 0.418 e. The fraction of sp³-hybridized carbons (Fsp3) is 0.250. The highest BCUT2D eigenvalue weighted by atomic mass is 19.4. The molecular formula is C20H19F4N3O3. The van der Waals surface area contributed by atoms with Gasteiger partial charge in [0.05, 0.1) is 24.3 Å². The minimum absolute atomic E-state index is 0.0968. The largest absolute Gasteiger partial charge is 0.418 e. The van der Waals surface area contributed by atoms with Crippen molar-refractivity contribution in [2.24, 2.45) is 0 Å². The Morgan fingerprint density at radius 2 is 1.63 bits per heavy atom. The van der Waals surface area contributed by atoms with Crippen LogP contribution in [0, 0.1) is 5.82 Å². The average Bonchev–Trinajstić information content (AvgIpc) is 2.70. The molecule has 0 atom stereocenters. The summed E-state index contributed by atoms with van der Waals surface area (Å²) in [4.78, 5) is 37.5. The monoisotopic (exact) mass is 425 g/mol. The number of hydrogen-bond acceptors (Lipinski definition) is 3. The van der Waals surface area contributed by atoms with Crippen LogP contribution in [0.4, 0.5) is 23.2 Å². The predicted molar refractivity (Wildman–Crippen MR) is 101 cm³/mol. The first-order chi connectivity index (χ1) is 14.1. The minimum Gasteiger partial charge on any atom is -0.343 e. The third kappa shape index (κ3) is 6.29. The number of carbonyl (C=O) groups excluding carboxylic acids is 3. The molecule has 0 saturated carbocycles. The SMILES string of the molecule is CCN(CC(=O)Nc1ccccc1C(F)(F)F)C(=O)CNC(=O)c1ccc(F)cc1.